The van der Waals surface area contributed by atoms with Crippen LogP contribution >= 0.6 is 11.3 Å². The second kappa shape index (κ2) is 6.94. The molecule has 0 unspecified atom stereocenters. The van der Waals surface area contributed by atoms with E-state index in [1.165, 1.54) is 0 Å². The Labute approximate surface area is 135 Å². The van der Waals surface area contributed by atoms with E-state index in [1.807, 2.05) is 35.4 Å². The van der Waals surface area contributed by atoms with Crippen LogP contribution in [0.15, 0.2) is 23.6 Å². The topological polar surface area (TPSA) is 38.8 Å². The molecule has 1 aromatic heterocycles. The van der Waals surface area contributed by atoms with E-state index in [0.29, 0.717) is 13.2 Å². The number of carbonyl (C=O) groups is 1. The third kappa shape index (κ3) is 3.59. The molecule has 0 bridgehead atoms. The first-order chi connectivity index (χ1) is 10.7. The molecule has 5 heteroatoms. The lowest BCUT2D eigenvalue weighted by Crippen LogP contribution is -2.49. The SMILES string of the molecule is CCO[C@H]1CO[C@]2(CCCN(C(=O)/C=C/c3cccs3)C2)C1. The van der Waals surface area contributed by atoms with E-state index in [1.54, 1.807) is 17.4 Å². The number of hydrogen-bond donors (Lipinski definition) is 0. The first-order valence-corrected chi connectivity index (χ1v) is 8.85. The highest BCUT2D eigenvalue weighted by molar-refractivity contribution is 7.10. The highest BCUT2D eigenvalue weighted by Crippen LogP contribution is 2.35. The van der Waals surface area contributed by atoms with Crippen LogP contribution in [0.1, 0.15) is 31.1 Å². The van der Waals surface area contributed by atoms with E-state index >= 15 is 0 Å². The number of thiophene rings is 1. The van der Waals surface area contributed by atoms with Gasteiger partial charge in [0.15, 0.2) is 0 Å². The van der Waals surface area contributed by atoms with E-state index in [-0.39, 0.29) is 17.6 Å². The summed E-state index contributed by atoms with van der Waals surface area (Å²) in [5, 5.41) is 2.01. The lowest BCUT2D eigenvalue weighted by atomic mass is 9.89. The Kier molecular flexibility index (Phi) is 4.96. The number of rotatable bonds is 4. The summed E-state index contributed by atoms with van der Waals surface area (Å²) in [5.74, 6) is 0.0796. The molecule has 1 amide bonds. The molecular weight excluding hydrogens is 298 g/mol. The lowest BCUT2D eigenvalue weighted by molar-refractivity contribution is -0.133. The van der Waals surface area contributed by atoms with Crippen LogP contribution in [0.4, 0.5) is 0 Å². The number of hydrogen-bond acceptors (Lipinski definition) is 4. The fourth-order valence-corrected chi connectivity index (χ4v) is 3.98. The second-order valence-corrected chi connectivity index (χ2v) is 6.97. The van der Waals surface area contributed by atoms with Gasteiger partial charge in [0.25, 0.3) is 0 Å². The van der Waals surface area contributed by atoms with Crippen molar-refractivity contribution in [3.05, 3.63) is 28.5 Å². The van der Waals surface area contributed by atoms with Gasteiger partial charge in [-0.3, -0.25) is 4.79 Å². The molecule has 3 rings (SSSR count). The van der Waals surface area contributed by atoms with E-state index in [2.05, 4.69) is 0 Å². The van der Waals surface area contributed by atoms with Crippen LogP contribution in [0.3, 0.4) is 0 Å². The number of piperidine rings is 1. The van der Waals surface area contributed by atoms with Crippen LogP contribution < -0.4 is 0 Å². The molecule has 2 aliphatic heterocycles. The summed E-state index contributed by atoms with van der Waals surface area (Å²) < 4.78 is 11.7. The van der Waals surface area contributed by atoms with Crippen molar-refractivity contribution in [3.63, 3.8) is 0 Å². The summed E-state index contributed by atoms with van der Waals surface area (Å²) in [7, 11) is 0. The van der Waals surface area contributed by atoms with Crippen molar-refractivity contribution < 1.29 is 14.3 Å². The Morgan fingerprint density at radius 2 is 2.55 bits per heavy atom. The van der Waals surface area contributed by atoms with Crippen molar-refractivity contribution in [2.45, 2.75) is 37.9 Å². The highest BCUT2D eigenvalue weighted by atomic mass is 32.1. The smallest absolute Gasteiger partial charge is 0.246 e. The highest BCUT2D eigenvalue weighted by Gasteiger charge is 2.44. The quantitative estimate of drug-likeness (QED) is 0.800. The van der Waals surface area contributed by atoms with Crippen molar-refractivity contribution >= 4 is 23.3 Å². The van der Waals surface area contributed by atoms with Crippen LogP contribution in [0.2, 0.25) is 0 Å². The first kappa shape index (κ1) is 15.7. The van der Waals surface area contributed by atoms with Crippen molar-refractivity contribution in [2.75, 3.05) is 26.3 Å². The van der Waals surface area contributed by atoms with Crippen LogP contribution in [0, 0.1) is 0 Å². The summed E-state index contributed by atoms with van der Waals surface area (Å²) in [6.07, 6.45) is 6.68. The van der Waals surface area contributed by atoms with Gasteiger partial charge in [-0.1, -0.05) is 6.07 Å². The average molecular weight is 321 g/mol. The molecule has 3 heterocycles. The van der Waals surface area contributed by atoms with Crippen molar-refractivity contribution in [2.24, 2.45) is 0 Å². The molecule has 0 aromatic carbocycles. The second-order valence-electron chi connectivity index (χ2n) is 5.99. The zero-order chi connectivity index (χ0) is 15.4. The van der Waals surface area contributed by atoms with Gasteiger partial charge in [0.2, 0.25) is 5.91 Å². The standard InChI is InChI=1S/C17H23NO3S/c1-2-20-14-11-17(21-12-14)8-4-9-18(13-17)16(19)7-6-15-5-3-10-22-15/h3,5-7,10,14H,2,4,8-9,11-13H2,1H3/b7-6+/t14-,17-/m1/s1. The molecule has 22 heavy (non-hydrogen) atoms. The predicted molar refractivity (Wildman–Crippen MR) is 87.9 cm³/mol. The summed E-state index contributed by atoms with van der Waals surface area (Å²) in [6.45, 7) is 4.89. The molecule has 0 radical (unpaired) electrons. The van der Waals surface area contributed by atoms with Crippen LogP contribution in [0.5, 0.6) is 0 Å². The molecule has 4 nitrogen and oxygen atoms in total. The Hall–Kier alpha value is -1.17. The van der Waals surface area contributed by atoms with Gasteiger partial charge in [-0.2, -0.15) is 0 Å². The molecule has 0 aliphatic carbocycles. The van der Waals surface area contributed by atoms with Gasteiger partial charge in [0, 0.05) is 30.5 Å². The summed E-state index contributed by atoms with van der Waals surface area (Å²) in [5.41, 5.74) is -0.190. The Morgan fingerprint density at radius 1 is 1.64 bits per heavy atom. The molecule has 120 valence electrons. The molecule has 0 N–H and O–H groups in total. The van der Waals surface area contributed by atoms with E-state index < -0.39 is 0 Å². The third-order valence-corrected chi connectivity index (χ3v) is 5.20. The predicted octanol–water partition coefficient (Wildman–Crippen LogP) is 2.95. The van der Waals surface area contributed by atoms with Crippen LogP contribution in [-0.2, 0) is 14.3 Å². The van der Waals surface area contributed by atoms with Gasteiger partial charge >= 0.3 is 0 Å². The minimum atomic E-state index is -0.190. The monoisotopic (exact) mass is 321 g/mol. The molecule has 2 fully saturated rings. The Balaban J connectivity index is 1.60. The maximum absolute atomic E-state index is 12.4. The zero-order valence-electron chi connectivity index (χ0n) is 13.0. The minimum Gasteiger partial charge on any atom is -0.376 e. The van der Waals surface area contributed by atoms with Crippen molar-refractivity contribution in [1.82, 2.24) is 4.90 Å². The van der Waals surface area contributed by atoms with Gasteiger partial charge in [-0.05, 0) is 37.3 Å². The van der Waals surface area contributed by atoms with Crippen molar-refractivity contribution in [3.8, 4) is 0 Å². The fourth-order valence-electron chi connectivity index (χ4n) is 3.36. The summed E-state index contributed by atoms with van der Waals surface area (Å²) >= 11 is 1.64. The molecule has 2 aliphatic rings. The Morgan fingerprint density at radius 3 is 3.32 bits per heavy atom. The maximum atomic E-state index is 12.4. The number of carbonyl (C=O) groups excluding carboxylic acids is 1. The molecular formula is C17H23NO3S. The number of ether oxygens (including phenoxy) is 2. The van der Waals surface area contributed by atoms with E-state index in [0.717, 1.165) is 37.3 Å². The number of nitrogens with zero attached hydrogens (tertiary/aromatic N) is 1. The third-order valence-electron chi connectivity index (χ3n) is 4.36. The van der Waals surface area contributed by atoms with Crippen LogP contribution in [-0.4, -0.2) is 48.8 Å². The Bertz CT molecular complexity index is 528. The summed E-state index contributed by atoms with van der Waals surface area (Å²) in [6, 6.07) is 4.00. The number of amides is 1. The average Bonchev–Trinajstić information content (AvgIpc) is 3.16. The molecule has 1 spiro atoms. The van der Waals surface area contributed by atoms with Gasteiger partial charge in [-0.25, -0.2) is 0 Å². The molecule has 1 aromatic rings. The largest absolute Gasteiger partial charge is 0.376 e. The van der Waals surface area contributed by atoms with E-state index in [9.17, 15) is 4.79 Å². The van der Waals surface area contributed by atoms with Gasteiger partial charge in [-0.15, -0.1) is 11.3 Å². The minimum absolute atomic E-state index is 0.0796. The molecule has 0 saturated carbocycles. The molecule has 2 atom stereocenters. The van der Waals surface area contributed by atoms with E-state index in [4.69, 9.17) is 9.47 Å². The normalized spacial score (nSPS) is 28.8. The van der Waals surface area contributed by atoms with Gasteiger partial charge in [0.05, 0.1) is 24.9 Å². The maximum Gasteiger partial charge on any atom is 0.246 e. The van der Waals surface area contributed by atoms with Gasteiger partial charge < -0.3 is 14.4 Å². The zero-order valence-corrected chi connectivity index (χ0v) is 13.8. The molecule has 2 saturated heterocycles. The van der Waals surface area contributed by atoms with Gasteiger partial charge in [0.1, 0.15) is 0 Å². The first-order valence-electron chi connectivity index (χ1n) is 7.97. The fraction of sp³-hybridized carbons (Fsp3) is 0.588. The summed E-state index contributed by atoms with van der Waals surface area (Å²) in [4.78, 5) is 15.4. The lowest BCUT2D eigenvalue weighted by Gasteiger charge is -2.39. The van der Waals surface area contributed by atoms with Crippen molar-refractivity contribution in [1.29, 1.82) is 0 Å². The van der Waals surface area contributed by atoms with Crippen LogP contribution in [0.25, 0.3) is 6.08 Å². The number of likely N-dealkylation sites (tertiary alicyclic amines) is 1.